The number of carbonyl (C=O) groups excluding carboxylic acids is 1. The molecule has 2 aromatic rings. The number of fused-ring (bicyclic) bond motifs is 5. The summed E-state index contributed by atoms with van der Waals surface area (Å²) in [4.78, 5) is 17.2. The largest absolute Gasteiger partial charge is 0.393 e. The first-order chi connectivity index (χ1) is 21.8. The van der Waals surface area contributed by atoms with E-state index in [1.165, 1.54) is 23.5 Å². The van der Waals surface area contributed by atoms with E-state index >= 15 is 0 Å². The molecule has 6 rings (SSSR count). The Kier molecular flexibility index (Phi) is 9.42. The fourth-order valence-electron chi connectivity index (χ4n) is 11.1. The number of benzene rings is 1. The highest BCUT2D eigenvalue weighted by Gasteiger charge is 2.64. The number of rotatable bonds is 8. The molecule has 0 spiro atoms. The van der Waals surface area contributed by atoms with Gasteiger partial charge in [0, 0.05) is 17.5 Å². The predicted octanol–water partition coefficient (Wildman–Crippen LogP) is 6.76. The van der Waals surface area contributed by atoms with Gasteiger partial charge < -0.3 is 15.5 Å². The second kappa shape index (κ2) is 12.8. The SMILES string of the molecule is CC[C@@H]1C2C[C@H](O)CCC2(C)[C@H]2CC[C@]3(C)[C@@H]([C@H](C)CCNC(=O)NS(=O)(=O)c4ccc(-c5csc(C)n5)cc4)CC[C@H]3C2[C@@H]1O. The summed E-state index contributed by atoms with van der Waals surface area (Å²) in [7, 11) is -4.00. The summed E-state index contributed by atoms with van der Waals surface area (Å²) >= 11 is 1.54. The van der Waals surface area contributed by atoms with Gasteiger partial charge in [0.2, 0.25) is 0 Å². The second-order valence-electron chi connectivity index (χ2n) is 15.5. The summed E-state index contributed by atoms with van der Waals surface area (Å²) in [6.45, 7) is 11.7. The molecule has 1 heterocycles. The maximum atomic E-state index is 12.9. The number of hydrogen-bond donors (Lipinski definition) is 4. The summed E-state index contributed by atoms with van der Waals surface area (Å²) in [5.74, 6) is 2.81. The zero-order valence-electron chi connectivity index (χ0n) is 28.0. The van der Waals surface area contributed by atoms with E-state index in [1.54, 1.807) is 12.1 Å². The first-order valence-electron chi connectivity index (χ1n) is 17.5. The van der Waals surface area contributed by atoms with E-state index in [4.69, 9.17) is 0 Å². The van der Waals surface area contributed by atoms with Crippen LogP contribution in [0.1, 0.15) is 90.5 Å². The summed E-state index contributed by atoms with van der Waals surface area (Å²) in [5, 5.41) is 28.2. The topological polar surface area (TPSA) is 129 Å². The maximum Gasteiger partial charge on any atom is 0.328 e. The number of thiazole rings is 1. The lowest BCUT2D eigenvalue weighted by Crippen LogP contribution is -2.62. The van der Waals surface area contributed by atoms with E-state index in [1.807, 2.05) is 12.3 Å². The number of urea groups is 1. The average Bonchev–Trinajstić information content (AvgIpc) is 3.61. The van der Waals surface area contributed by atoms with Gasteiger partial charge in [-0.15, -0.1) is 11.3 Å². The summed E-state index contributed by atoms with van der Waals surface area (Å²) < 4.78 is 28.0. The van der Waals surface area contributed by atoms with Crippen LogP contribution in [-0.4, -0.2) is 48.4 Å². The molecule has 2 amide bonds. The third-order valence-corrected chi connectivity index (χ3v) is 15.5. The van der Waals surface area contributed by atoms with Crippen LogP contribution in [0.15, 0.2) is 34.5 Å². The highest BCUT2D eigenvalue weighted by atomic mass is 32.2. The number of aromatic nitrogens is 1. The van der Waals surface area contributed by atoms with Crippen LogP contribution in [0.3, 0.4) is 0 Å². The molecule has 4 N–H and O–H groups in total. The van der Waals surface area contributed by atoms with Gasteiger partial charge >= 0.3 is 6.03 Å². The monoisotopic (exact) mass is 671 g/mol. The van der Waals surface area contributed by atoms with Crippen molar-refractivity contribution in [1.29, 1.82) is 0 Å². The molecule has 1 aromatic heterocycles. The summed E-state index contributed by atoms with van der Waals surface area (Å²) in [6, 6.07) is 5.70. The van der Waals surface area contributed by atoms with E-state index in [2.05, 4.69) is 42.7 Å². The number of carbonyl (C=O) groups is 1. The molecule has 4 fully saturated rings. The predicted molar refractivity (Wildman–Crippen MR) is 182 cm³/mol. The van der Waals surface area contributed by atoms with Gasteiger partial charge in [0.05, 0.1) is 27.8 Å². The highest BCUT2D eigenvalue weighted by Crippen LogP contribution is 2.69. The molecule has 1 aromatic carbocycles. The molecule has 4 saturated carbocycles. The zero-order chi connectivity index (χ0) is 33.0. The van der Waals surface area contributed by atoms with Crippen LogP contribution in [0, 0.1) is 59.2 Å². The minimum Gasteiger partial charge on any atom is -0.393 e. The van der Waals surface area contributed by atoms with Gasteiger partial charge in [0.1, 0.15) is 0 Å². The van der Waals surface area contributed by atoms with E-state index in [9.17, 15) is 23.4 Å². The second-order valence-corrected chi connectivity index (χ2v) is 18.3. The van der Waals surface area contributed by atoms with Crippen LogP contribution >= 0.6 is 11.3 Å². The van der Waals surface area contributed by atoms with Gasteiger partial charge in [-0.1, -0.05) is 46.2 Å². The lowest BCUT2D eigenvalue weighted by atomic mass is 9.41. The molecule has 4 aliphatic rings. The number of sulfonamides is 1. The molecule has 0 bridgehead atoms. The van der Waals surface area contributed by atoms with Gasteiger partial charge in [-0.25, -0.2) is 22.9 Å². The molecule has 46 heavy (non-hydrogen) atoms. The molecule has 0 aliphatic heterocycles. The number of aryl methyl sites for hydroxylation is 1. The fourth-order valence-corrected chi connectivity index (χ4v) is 12.6. The van der Waals surface area contributed by atoms with Crippen LogP contribution in [0.5, 0.6) is 0 Å². The smallest absolute Gasteiger partial charge is 0.328 e. The molecule has 4 aliphatic carbocycles. The van der Waals surface area contributed by atoms with Crippen molar-refractivity contribution in [1.82, 2.24) is 15.0 Å². The van der Waals surface area contributed by atoms with Crippen molar-refractivity contribution in [3.05, 3.63) is 34.7 Å². The zero-order valence-corrected chi connectivity index (χ0v) is 29.7. The van der Waals surface area contributed by atoms with Crippen LogP contribution < -0.4 is 10.0 Å². The molecule has 11 atom stereocenters. The van der Waals surface area contributed by atoms with Crippen molar-refractivity contribution in [3.8, 4) is 11.3 Å². The minimum atomic E-state index is -4.00. The van der Waals surface area contributed by atoms with Gasteiger partial charge in [0.15, 0.2) is 0 Å². The van der Waals surface area contributed by atoms with E-state index in [0.29, 0.717) is 42.1 Å². The quantitative estimate of drug-likeness (QED) is 0.246. The molecule has 10 heteroatoms. The first-order valence-corrected chi connectivity index (χ1v) is 19.8. The Morgan fingerprint density at radius 3 is 2.41 bits per heavy atom. The number of amides is 2. The Morgan fingerprint density at radius 1 is 1.04 bits per heavy atom. The number of nitrogens with zero attached hydrogens (tertiary/aromatic N) is 1. The van der Waals surface area contributed by atoms with Crippen LogP contribution in [0.4, 0.5) is 4.79 Å². The molecule has 3 unspecified atom stereocenters. The van der Waals surface area contributed by atoms with Crippen molar-refractivity contribution in [2.45, 2.75) is 110 Å². The van der Waals surface area contributed by atoms with Crippen molar-refractivity contribution >= 4 is 27.4 Å². The molecule has 254 valence electrons. The van der Waals surface area contributed by atoms with Crippen molar-refractivity contribution in [2.75, 3.05) is 6.54 Å². The number of hydrogen-bond acceptors (Lipinski definition) is 7. The van der Waals surface area contributed by atoms with Crippen LogP contribution in [0.25, 0.3) is 11.3 Å². The van der Waals surface area contributed by atoms with Gasteiger partial charge in [-0.3, -0.25) is 0 Å². The molecular weight excluding hydrogens is 619 g/mol. The van der Waals surface area contributed by atoms with E-state index in [-0.39, 0.29) is 33.9 Å². The Bertz CT molecular complexity index is 1510. The Hall–Kier alpha value is -2.01. The maximum absolute atomic E-state index is 12.9. The van der Waals surface area contributed by atoms with Crippen molar-refractivity contribution in [3.63, 3.8) is 0 Å². The van der Waals surface area contributed by atoms with Gasteiger partial charge in [0.25, 0.3) is 10.0 Å². The lowest BCUT2D eigenvalue weighted by molar-refractivity contribution is -0.203. The molecule has 0 saturated heterocycles. The van der Waals surface area contributed by atoms with E-state index < -0.39 is 16.1 Å². The normalized spacial score (nSPS) is 37.9. The summed E-state index contributed by atoms with van der Waals surface area (Å²) in [6.07, 6.45) is 8.53. The van der Waals surface area contributed by atoms with Crippen molar-refractivity contribution in [2.24, 2.45) is 52.3 Å². The number of nitrogens with one attached hydrogen (secondary N) is 2. The molecule has 0 radical (unpaired) electrons. The molecular formula is C36H53N3O5S2. The van der Waals surface area contributed by atoms with Crippen LogP contribution in [0.2, 0.25) is 0 Å². The Balaban J connectivity index is 1.05. The van der Waals surface area contributed by atoms with Crippen LogP contribution in [-0.2, 0) is 10.0 Å². The molecule has 8 nitrogen and oxygen atoms in total. The summed E-state index contributed by atoms with van der Waals surface area (Å²) in [5.41, 5.74) is 1.96. The third-order valence-electron chi connectivity index (χ3n) is 13.3. The number of aliphatic hydroxyl groups excluding tert-OH is 2. The highest BCUT2D eigenvalue weighted by molar-refractivity contribution is 7.90. The fraction of sp³-hybridized carbons (Fsp3) is 0.722. The number of aliphatic hydroxyl groups is 2. The minimum absolute atomic E-state index is 0.0343. The first kappa shape index (κ1) is 33.9. The average molecular weight is 672 g/mol. The van der Waals surface area contributed by atoms with E-state index in [0.717, 1.165) is 74.1 Å². The Labute approximate surface area is 279 Å². The van der Waals surface area contributed by atoms with Gasteiger partial charge in [-0.05, 0) is 123 Å². The van der Waals surface area contributed by atoms with Crippen molar-refractivity contribution < 1.29 is 23.4 Å². The standard InChI is InChI=1S/C36H53N3O5S2/c1-6-26-30-19-24(40)13-16-36(30,5)29-14-17-35(4)27(11-12-28(35)32(29)33(26)41)21(2)15-18-37-34(42)39-46(43,44)25-9-7-23(8-10-25)31-20-45-22(3)38-31/h7-10,20-21,24,26-30,32-33,40-41H,6,11-19H2,1-5H3,(H2,37,39,42)/t21-,24-,26-,27-,28+,29+,30?,32?,33-,35-,36?/m1/s1. The van der Waals surface area contributed by atoms with Gasteiger partial charge in [-0.2, -0.15) is 0 Å². The Morgan fingerprint density at radius 2 is 1.74 bits per heavy atom. The third kappa shape index (κ3) is 5.94. The lowest BCUT2D eigenvalue weighted by Gasteiger charge is -2.64.